The summed E-state index contributed by atoms with van der Waals surface area (Å²) in [7, 11) is 0. The molecule has 0 aromatic carbocycles. The molecule has 3 nitrogen and oxygen atoms in total. The molecule has 0 radical (unpaired) electrons. The van der Waals surface area contributed by atoms with Gasteiger partial charge in [0.1, 0.15) is 6.23 Å². The lowest BCUT2D eigenvalue weighted by atomic mass is 10.1. The Hall–Kier alpha value is -0.120. The average Bonchev–Trinajstić information content (AvgIpc) is 2.46. The second kappa shape index (κ2) is 10.6. The molecule has 0 bridgehead atoms. The summed E-state index contributed by atoms with van der Waals surface area (Å²) >= 11 is 0. The topological polar surface area (TPSA) is 26.7 Å². The van der Waals surface area contributed by atoms with E-state index in [1.165, 1.54) is 44.9 Å². The highest BCUT2D eigenvalue weighted by molar-refractivity contribution is 4.72. The number of piperazine rings is 1. The Morgan fingerprint density at radius 1 is 0.842 bits per heavy atom. The van der Waals surface area contributed by atoms with Crippen molar-refractivity contribution in [2.24, 2.45) is 0 Å². The third-order valence-electron chi connectivity index (χ3n) is 4.34. The number of aliphatic hydroxyl groups is 1. The molecule has 1 unspecified atom stereocenters. The molecule has 0 aliphatic carbocycles. The number of nitrogens with zero attached hydrogens (tertiary/aromatic N) is 2. The highest BCUT2D eigenvalue weighted by atomic mass is 16.3. The Kier molecular flexibility index (Phi) is 9.48. The molecule has 0 amide bonds. The van der Waals surface area contributed by atoms with Crippen LogP contribution in [-0.4, -0.2) is 53.9 Å². The SMILES string of the molecule is CCCCCCCCCC(O)N1CCN(CC)CC1. The van der Waals surface area contributed by atoms with Crippen molar-refractivity contribution in [1.29, 1.82) is 0 Å². The zero-order valence-corrected chi connectivity index (χ0v) is 13.1. The van der Waals surface area contributed by atoms with Crippen molar-refractivity contribution in [3.05, 3.63) is 0 Å². The van der Waals surface area contributed by atoms with Crippen LogP contribution in [0.1, 0.15) is 65.2 Å². The van der Waals surface area contributed by atoms with Crippen LogP contribution in [0.15, 0.2) is 0 Å². The fraction of sp³-hybridized carbons (Fsp3) is 1.00. The van der Waals surface area contributed by atoms with E-state index >= 15 is 0 Å². The third-order valence-corrected chi connectivity index (χ3v) is 4.34. The second-order valence-electron chi connectivity index (χ2n) is 5.86. The fourth-order valence-corrected chi connectivity index (χ4v) is 2.84. The third kappa shape index (κ3) is 7.28. The standard InChI is InChI=1S/C16H34N2O/c1-3-5-6-7-8-9-10-11-16(19)18-14-12-17(4-2)13-15-18/h16,19H,3-15H2,1-2H3. The van der Waals surface area contributed by atoms with E-state index in [9.17, 15) is 5.11 Å². The van der Waals surface area contributed by atoms with Crippen molar-refractivity contribution in [3.63, 3.8) is 0 Å². The van der Waals surface area contributed by atoms with Crippen molar-refractivity contribution in [2.75, 3.05) is 32.7 Å². The highest BCUT2D eigenvalue weighted by Crippen LogP contribution is 2.13. The minimum atomic E-state index is -0.199. The number of rotatable bonds is 10. The molecule has 0 spiro atoms. The molecular weight excluding hydrogens is 236 g/mol. The first kappa shape index (κ1) is 16.9. The van der Waals surface area contributed by atoms with E-state index in [4.69, 9.17) is 0 Å². The van der Waals surface area contributed by atoms with Crippen molar-refractivity contribution in [2.45, 2.75) is 71.4 Å². The molecule has 1 aliphatic heterocycles. The lowest BCUT2D eigenvalue weighted by Crippen LogP contribution is -2.50. The smallest absolute Gasteiger partial charge is 0.107 e. The van der Waals surface area contributed by atoms with E-state index in [1.807, 2.05) is 0 Å². The summed E-state index contributed by atoms with van der Waals surface area (Å²) in [6, 6.07) is 0. The van der Waals surface area contributed by atoms with Crippen LogP contribution in [0.5, 0.6) is 0 Å². The van der Waals surface area contributed by atoms with Gasteiger partial charge in [0.15, 0.2) is 0 Å². The van der Waals surface area contributed by atoms with Gasteiger partial charge in [-0.1, -0.05) is 52.4 Å². The lowest BCUT2D eigenvalue weighted by Gasteiger charge is -2.36. The summed E-state index contributed by atoms with van der Waals surface area (Å²) in [5.41, 5.74) is 0. The van der Waals surface area contributed by atoms with Gasteiger partial charge >= 0.3 is 0 Å². The molecule has 0 saturated carbocycles. The number of aliphatic hydroxyl groups excluding tert-OH is 1. The van der Waals surface area contributed by atoms with Crippen LogP contribution < -0.4 is 0 Å². The summed E-state index contributed by atoms with van der Waals surface area (Å²) in [5, 5.41) is 10.2. The number of hydrogen-bond donors (Lipinski definition) is 1. The van der Waals surface area contributed by atoms with E-state index in [0.29, 0.717) is 0 Å². The van der Waals surface area contributed by atoms with E-state index in [-0.39, 0.29) is 6.23 Å². The van der Waals surface area contributed by atoms with Crippen molar-refractivity contribution >= 4 is 0 Å². The molecule has 3 heteroatoms. The molecule has 1 N–H and O–H groups in total. The quantitative estimate of drug-likeness (QED) is 0.618. The molecule has 19 heavy (non-hydrogen) atoms. The molecule has 1 saturated heterocycles. The molecule has 1 fully saturated rings. The Morgan fingerprint density at radius 2 is 1.42 bits per heavy atom. The van der Waals surface area contributed by atoms with Crippen LogP contribution >= 0.6 is 0 Å². The molecule has 1 atom stereocenters. The van der Waals surface area contributed by atoms with Gasteiger partial charge in [-0.2, -0.15) is 0 Å². The van der Waals surface area contributed by atoms with E-state index in [1.54, 1.807) is 0 Å². The van der Waals surface area contributed by atoms with Gasteiger partial charge in [-0.05, 0) is 19.4 Å². The normalized spacial score (nSPS) is 19.7. The van der Waals surface area contributed by atoms with Crippen LogP contribution in [0.3, 0.4) is 0 Å². The van der Waals surface area contributed by atoms with Gasteiger partial charge < -0.3 is 10.0 Å². The monoisotopic (exact) mass is 270 g/mol. The van der Waals surface area contributed by atoms with Crippen LogP contribution in [0, 0.1) is 0 Å². The van der Waals surface area contributed by atoms with Crippen LogP contribution in [0.25, 0.3) is 0 Å². The highest BCUT2D eigenvalue weighted by Gasteiger charge is 2.20. The number of unbranched alkanes of at least 4 members (excludes halogenated alkanes) is 6. The van der Waals surface area contributed by atoms with Gasteiger partial charge in [-0.25, -0.2) is 0 Å². The van der Waals surface area contributed by atoms with Crippen molar-refractivity contribution in [1.82, 2.24) is 9.80 Å². The van der Waals surface area contributed by atoms with Gasteiger partial charge in [-0.3, -0.25) is 4.90 Å². The van der Waals surface area contributed by atoms with Crippen molar-refractivity contribution < 1.29 is 5.11 Å². The van der Waals surface area contributed by atoms with Crippen LogP contribution in [0.4, 0.5) is 0 Å². The molecule has 0 aromatic rings. The first-order valence-corrected chi connectivity index (χ1v) is 8.42. The van der Waals surface area contributed by atoms with E-state index in [0.717, 1.165) is 39.1 Å². The van der Waals surface area contributed by atoms with Gasteiger partial charge in [0, 0.05) is 26.2 Å². The Bertz CT molecular complexity index is 203. The van der Waals surface area contributed by atoms with E-state index < -0.39 is 0 Å². The molecule has 114 valence electrons. The summed E-state index contributed by atoms with van der Waals surface area (Å²) in [6.07, 6.45) is 10.0. The van der Waals surface area contributed by atoms with Gasteiger partial charge in [0.05, 0.1) is 0 Å². The zero-order chi connectivity index (χ0) is 13.9. The summed E-state index contributed by atoms with van der Waals surface area (Å²) in [4.78, 5) is 4.71. The first-order chi connectivity index (χ1) is 9.27. The summed E-state index contributed by atoms with van der Waals surface area (Å²) < 4.78 is 0. The van der Waals surface area contributed by atoms with Crippen LogP contribution in [-0.2, 0) is 0 Å². The summed E-state index contributed by atoms with van der Waals surface area (Å²) in [6.45, 7) is 9.91. The zero-order valence-electron chi connectivity index (χ0n) is 13.1. The molecule has 1 heterocycles. The molecular formula is C16H34N2O. The second-order valence-corrected chi connectivity index (χ2v) is 5.86. The van der Waals surface area contributed by atoms with Gasteiger partial charge in [-0.15, -0.1) is 0 Å². The maximum atomic E-state index is 10.2. The lowest BCUT2D eigenvalue weighted by molar-refractivity contribution is -0.0302. The maximum absolute atomic E-state index is 10.2. The Balaban J connectivity index is 1.97. The first-order valence-electron chi connectivity index (χ1n) is 8.42. The number of hydrogen-bond acceptors (Lipinski definition) is 3. The Labute approximate surface area is 120 Å². The van der Waals surface area contributed by atoms with Gasteiger partial charge in [0.2, 0.25) is 0 Å². The Morgan fingerprint density at radius 3 is 2.00 bits per heavy atom. The minimum absolute atomic E-state index is 0.199. The fourth-order valence-electron chi connectivity index (χ4n) is 2.84. The maximum Gasteiger partial charge on any atom is 0.107 e. The number of likely N-dealkylation sites (N-methyl/N-ethyl adjacent to an activating group) is 1. The summed E-state index contributed by atoms with van der Waals surface area (Å²) in [5.74, 6) is 0. The largest absolute Gasteiger partial charge is 0.378 e. The predicted molar refractivity (Wildman–Crippen MR) is 82.3 cm³/mol. The van der Waals surface area contributed by atoms with Crippen molar-refractivity contribution in [3.8, 4) is 0 Å². The average molecular weight is 270 g/mol. The molecule has 1 rings (SSSR count). The molecule has 0 aromatic heterocycles. The molecule has 1 aliphatic rings. The predicted octanol–water partition coefficient (Wildman–Crippen LogP) is 3.08. The van der Waals surface area contributed by atoms with Crippen LogP contribution in [0.2, 0.25) is 0 Å². The minimum Gasteiger partial charge on any atom is -0.378 e. The van der Waals surface area contributed by atoms with Gasteiger partial charge in [0.25, 0.3) is 0 Å². The van der Waals surface area contributed by atoms with E-state index in [2.05, 4.69) is 23.6 Å².